The van der Waals surface area contributed by atoms with Gasteiger partial charge >= 0.3 is 0 Å². The van der Waals surface area contributed by atoms with Gasteiger partial charge in [-0.15, -0.1) is 21.5 Å². The number of rotatable bonds is 4. The van der Waals surface area contributed by atoms with Crippen molar-refractivity contribution in [3.05, 3.63) is 62.5 Å². The van der Waals surface area contributed by atoms with Crippen molar-refractivity contribution in [1.29, 1.82) is 0 Å². The van der Waals surface area contributed by atoms with Crippen LogP contribution < -0.4 is 0 Å². The molecule has 0 bridgehead atoms. The fraction of sp³-hybridized carbons (Fsp3) is 0.500. The molecule has 1 aromatic carbocycles. The number of ether oxygens (including phenoxy) is 1. The van der Waals surface area contributed by atoms with E-state index in [1.807, 2.05) is 25.1 Å². The smallest absolute Gasteiger partial charge is 0.226 e. The number of hydrogen-bond acceptors (Lipinski definition) is 6. The number of carbonyl (C=O) groups is 1. The van der Waals surface area contributed by atoms with Crippen LogP contribution in [0.5, 0.6) is 0 Å². The van der Waals surface area contributed by atoms with E-state index in [1.54, 1.807) is 11.3 Å². The van der Waals surface area contributed by atoms with Gasteiger partial charge in [0.2, 0.25) is 5.91 Å². The molecule has 7 nitrogen and oxygen atoms in total. The summed E-state index contributed by atoms with van der Waals surface area (Å²) in [5.74, 6) is 2.04. The van der Waals surface area contributed by atoms with Crippen LogP contribution >= 0.6 is 22.9 Å². The monoisotopic (exact) mass is 535 g/mol. The van der Waals surface area contributed by atoms with Crippen molar-refractivity contribution >= 4 is 34.6 Å². The number of carbonyl (C=O) groups excluding carboxylic acids is 1. The Morgan fingerprint density at radius 2 is 2.00 bits per heavy atom. The third kappa shape index (κ3) is 3.63. The number of nitrogens with zero attached hydrogens (tertiary/aromatic N) is 5. The van der Waals surface area contributed by atoms with E-state index >= 15 is 0 Å². The quantitative estimate of drug-likeness (QED) is 0.477. The predicted molar refractivity (Wildman–Crippen MR) is 144 cm³/mol. The van der Waals surface area contributed by atoms with Crippen LogP contribution in [0, 0.1) is 12.8 Å². The Labute approximate surface area is 225 Å². The Hall–Kier alpha value is -2.55. The first kappa shape index (κ1) is 23.6. The van der Waals surface area contributed by atoms with Gasteiger partial charge in [-0.25, -0.2) is 0 Å². The number of amides is 1. The lowest BCUT2D eigenvalue weighted by Crippen LogP contribution is -2.46. The van der Waals surface area contributed by atoms with E-state index in [0.717, 1.165) is 91.8 Å². The molecule has 0 N–H and O–H groups in total. The molecule has 0 radical (unpaired) electrons. The second-order valence-electron chi connectivity index (χ2n) is 10.6. The minimum absolute atomic E-state index is 0.0403. The first-order valence-corrected chi connectivity index (χ1v) is 14.5. The largest absolute Gasteiger partial charge is 0.381 e. The van der Waals surface area contributed by atoms with Crippen molar-refractivity contribution in [2.45, 2.75) is 64.0 Å². The normalized spacial score (nSPS) is 21.7. The van der Waals surface area contributed by atoms with Crippen LogP contribution in [0.4, 0.5) is 0 Å². The number of thiophene rings is 1. The fourth-order valence-electron chi connectivity index (χ4n) is 6.35. The van der Waals surface area contributed by atoms with E-state index in [2.05, 4.69) is 32.7 Å². The Balaban J connectivity index is 1.33. The Morgan fingerprint density at radius 3 is 2.73 bits per heavy atom. The number of aryl methyl sites for hydroxylation is 1. The molecule has 192 valence electrons. The van der Waals surface area contributed by atoms with Crippen molar-refractivity contribution in [1.82, 2.24) is 19.7 Å². The molecule has 1 spiro atoms. The van der Waals surface area contributed by atoms with Crippen molar-refractivity contribution in [3.63, 3.8) is 0 Å². The van der Waals surface area contributed by atoms with Gasteiger partial charge in [0.1, 0.15) is 16.4 Å². The second kappa shape index (κ2) is 8.75. The summed E-state index contributed by atoms with van der Waals surface area (Å²) in [5.41, 5.74) is 3.89. The molecule has 7 rings (SSSR count). The molecule has 1 amide bonds. The molecular formula is C28H30ClN5O2S. The number of fused-ring (bicyclic) bond motifs is 6. The van der Waals surface area contributed by atoms with E-state index in [9.17, 15) is 4.79 Å². The highest BCUT2D eigenvalue weighted by Gasteiger charge is 2.52. The lowest BCUT2D eigenvalue weighted by Gasteiger charge is -2.35. The summed E-state index contributed by atoms with van der Waals surface area (Å²) in [4.78, 5) is 22.6. The van der Waals surface area contributed by atoms with Crippen LogP contribution in [0.1, 0.15) is 65.8 Å². The molecule has 2 aromatic heterocycles. The van der Waals surface area contributed by atoms with Gasteiger partial charge in [0.25, 0.3) is 0 Å². The third-order valence-electron chi connectivity index (χ3n) is 8.42. The average molecular weight is 536 g/mol. The zero-order valence-electron chi connectivity index (χ0n) is 21.2. The van der Waals surface area contributed by atoms with Gasteiger partial charge in [0.15, 0.2) is 5.82 Å². The van der Waals surface area contributed by atoms with Gasteiger partial charge in [-0.2, -0.15) is 0 Å². The maximum absolute atomic E-state index is 13.8. The van der Waals surface area contributed by atoms with Crippen molar-refractivity contribution in [3.8, 4) is 5.00 Å². The Morgan fingerprint density at radius 1 is 1.22 bits per heavy atom. The molecule has 4 heterocycles. The summed E-state index contributed by atoms with van der Waals surface area (Å²) in [5, 5.41) is 10.9. The van der Waals surface area contributed by atoms with E-state index in [0.29, 0.717) is 5.02 Å². The highest BCUT2D eigenvalue weighted by Crippen LogP contribution is 2.54. The minimum Gasteiger partial charge on any atom is -0.381 e. The first-order chi connectivity index (χ1) is 18.0. The van der Waals surface area contributed by atoms with Crippen molar-refractivity contribution in [2.75, 3.05) is 19.8 Å². The Kier molecular flexibility index (Phi) is 5.57. The van der Waals surface area contributed by atoms with E-state index < -0.39 is 0 Å². The number of aromatic nitrogens is 3. The van der Waals surface area contributed by atoms with Crippen LogP contribution in [-0.2, 0) is 27.9 Å². The van der Waals surface area contributed by atoms with E-state index in [-0.39, 0.29) is 23.4 Å². The van der Waals surface area contributed by atoms with E-state index in [1.165, 1.54) is 10.4 Å². The molecule has 1 saturated heterocycles. The molecule has 2 fully saturated rings. The summed E-state index contributed by atoms with van der Waals surface area (Å²) < 4.78 is 7.77. The summed E-state index contributed by atoms with van der Waals surface area (Å²) >= 11 is 8.54. The van der Waals surface area contributed by atoms with E-state index in [4.69, 9.17) is 21.3 Å². The highest BCUT2D eigenvalue weighted by molar-refractivity contribution is 7.15. The molecule has 2 aliphatic heterocycles. The lowest BCUT2D eigenvalue weighted by atomic mass is 9.96. The van der Waals surface area contributed by atoms with Gasteiger partial charge in [-0.3, -0.25) is 14.4 Å². The molecule has 0 unspecified atom stereocenters. The SMILES string of the molecule is CCN(C(=O)[C@@H]1Cc2sc3c(c2C1)C(c1ccccc1Cl)=NC1(CC1)c1nnc(C)n1-3)C1CCOCC1. The van der Waals surface area contributed by atoms with Crippen LogP contribution in [0.15, 0.2) is 29.3 Å². The molecular weight excluding hydrogens is 506 g/mol. The van der Waals surface area contributed by atoms with Crippen LogP contribution in [0.3, 0.4) is 0 Å². The van der Waals surface area contributed by atoms with Gasteiger partial charge in [0, 0.05) is 52.7 Å². The second-order valence-corrected chi connectivity index (χ2v) is 12.1. The third-order valence-corrected chi connectivity index (χ3v) is 9.99. The molecule has 4 aliphatic rings. The summed E-state index contributed by atoms with van der Waals surface area (Å²) in [6.45, 7) is 6.32. The summed E-state index contributed by atoms with van der Waals surface area (Å²) in [7, 11) is 0. The maximum atomic E-state index is 13.8. The fourth-order valence-corrected chi connectivity index (χ4v) is 8.03. The van der Waals surface area contributed by atoms with Crippen molar-refractivity contribution in [2.24, 2.45) is 10.9 Å². The van der Waals surface area contributed by atoms with Gasteiger partial charge in [-0.05, 0) is 64.0 Å². The highest BCUT2D eigenvalue weighted by atomic mass is 35.5. The zero-order valence-corrected chi connectivity index (χ0v) is 22.7. The van der Waals surface area contributed by atoms with Gasteiger partial charge in [0.05, 0.1) is 5.71 Å². The number of benzene rings is 1. The Bertz CT molecular complexity index is 1430. The predicted octanol–water partition coefficient (Wildman–Crippen LogP) is 4.87. The van der Waals surface area contributed by atoms with Crippen LogP contribution in [-0.4, -0.2) is 57.1 Å². The van der Waals surface area contributed by atoms with Gasteiger partial charge in [-0.1, -0.05) is 29.8 Å². The molecule has 1 atom stereocenters. The first-order valence-electron chi connectivity index (χ1n) is 13.3. The summed E-state index contributed by atoms with van der Waals surface area (Å²) in [6, 6.07) is 8.25. The number of hydrogen-bond donors (Lipinski definition) is 0. The molecule has 9 heteroatoms. The zero-order chi connectivity index (χ0) is 25.3. The lowest BCUT2D eigenvalue weighted by molar-refractivity contribution is -0.139. The van der Waals surface area contributed by atoms with Crippen molar-refractivity contribution < 1.29 is 9.53 Å². The molecule has 2 aliphatic carbocycles. The minimum atomic E-state index is -0.350. The molecule has 1 saturated carbocycles. The maximum Gasteiger partial charge on any atom is 0.226 e. The molecule has 3 aromatic rings. The average Bonchev–Trinajstić information content (AvgIpc) is 3.24. The topological polar surface area (TPSA) is 72.6 Å². The summed E-state index contributed by atoms with van der Waals surface area (Å²) in [6.07, 6.45) is 5.24. The molecule has 37 heavy (non-hydrogen) atoms. The van der Waals surface area contributed by atoms with Crippen LogP contribution in [0.25, 0.3) is 5.00 Å². The standard InChI is InChI=1S/C28H30ClN5O2S/c1-3-33(18-8-12-36-13-9-18)25(35)17-14-20-22(15-17)37-26-23(20)24(19-6-4-5-7-21(19)29)30-28(10-11-28)27-32-31-16(2)34(26)27/h4-7,17-18H,3,8-15H2,1-2H3/t17-/m0/s1. The van der Waals surface area contributed by atoms with Gasteiger partial charge < -0.3 is 9.64 Å². The number of halogens is 1. The van der Waals surface area contributed by atoms with Crippen LogP contribution in [0.2, 0.25) is 5.02 Å². The number of aliphatic imine (C=N–C) groups is 1.